The van der Waals surface area contributed by atoms with Crippen LogP contribution >= 0.6 is 11.6 Å². The van der Waals surface area contributed by atoms with Gasteiger partial charge in [-0.2, -0.15) is 0 Å². The molecule has 1 aliphatic carbocycles. The number of alkyl halides is 1. The Morgan fingerprint density at radius 3 is 2.80 bits per heavy atom. The zero-order valence-electron chi connectivity index (χ0n) is 12.2. The normalized spacial score (nSPS) is 22.6. The Balaban J connectivity index is 2.03. The van der Waals surface area contributed by atoms with Crippen molar-refractivity contribution in [2.24, 2.45) is 5.92 Å². The van der Waals surface area contributed by atoms with Crippen molar-refractivity contribution in [1.29, 1.82) is 0 Å². The number of rotatable bonds is 6. The summed E-state index contributed by atoms with van der Waals surface area (Å²) >= 11 is 6.06. The Morgan fingerprint density at radius 1 is 1.30 bits per heavy atom. The van der Waals surface area contributed by atoms with E-state index in [1.807, 2.05) is 6.07 Å². The topological polar surface area (TPSA) is 43.4 Å². The largest absolute Gasteiger partial charge is 0.493 e. The molecule has 0 aromatic carbocycles. The molecule has 1 heterocycles. The number of pyridine rings is 1. The van der Waals surface area contributed by atoms with Crippen LogP contribution in [0.15, 0.2) is 12.3 Å². The van der Waals surface area contributed by atoms with Crippen LogP contribution in [0.5, 0.6) is 11.5 Å². The van der Waals surface area contributed by atoms with Crippen LogP contribution in [-0.2, 0) is 6.54 Å². The van der Waals surface area contributed by atoms with Gasteiger partial charge >= 0.3 is 0 Å². The number of hydrogen-bond acceptors (Lipinski definition) is 4. The molecule has 0 spiro atoms. The lowest BCUT2D eigenvalue weighted by Crippen LogP contribution is -2.39. The molecule has 0 aliphatic heterocycles. The molecule has 1 saturated carbocycles. The van der Waals surface area contributed by atoms with Gasteiger partial charge in [0, 0.05) is 30.7 Å². The van der Waals surface area contributed by atoms with Gasteiger partial charge in [-0.1, -0.05) is 12.8 Å². The summed E-state index contributed by atoms with van der Waals surface area (Å²) < 4.78 is 10.7. The van der Waals surface area contributed by atoms with Crippen molar-refractivity contribution in [2.75, 3.05) is 20.1 Å². The van der Waals surface area contributed by atoms with E-state index in [4.69, 9.17) is 21.1 Å². The third kappa shape index (κ3) is 3.55. The van der Waals surface area contributed by atoms with E-state index in [1.54, 1.807) is 20.4 Å². The first kappa shape index (κ1) is 15.4. The van der Waals surface area contributed by atoms with Gasteiger partial charge in [-0.25, -0.2) is 0 Å². The molecule has 20 heavy (non-hydrogen) atoms. The number of methoxy groups -OCH3 is 2. The van der Waals surface area contributed by atoms with E-state index in [0.29, 0.717) is 24.3 Å². The van der Waals surface area contributed by atoms with Gasteiger partial charge in [-0.3, -0.25) is 4.98 Å². The van der Waals surface area contributed by atoms with E-state index in [-0.39, 0.29) is 0 Å². The number of hydrogen-bond donors (Lipinski definition) is 1. The highest BCUT2D eigenvalue weighted by atomic mass is 35.5. The summed E-state index contributed by atoms with van der Waals surface area (Å²) in [5.41, 5.74) is 0.880. The van der Waals surface area contributed by atoms with E-state index < -0.39 is 0 Å². The van der Waals surface area contributed by atoms with Crippen molar-refractivity contribution in [3.8, 4) is 11.5 Å². The van der Waals surface area contributed by atoms with Gasteiger partial charge in [-0.05, 0) is 18.8 Å². The zero-order valence-corrected chi connectivity index (χ0v) is 12.9. The summed E-state index contributed by atoms with van der Waals surface area (Å²) in [6.07, 6.45) is 6.70. The maximum atomic E-state index is 6.06. The molecule has 1 fully saturated rings. The smallest absolute Gasteiger partial charge is 0.183 e. The lowest BCUT2D eigenvalue weighted by molar-refractivity contribution is 0.279. The van der Waals surface area contributed by atoms with Crippen molar-refractivity contribution in [1.82, 2.24) is 10.3 Å². The average molecular weight is 299 g/mol. The Hall–Kier alpha value is -1.00. The van der Waals surface area contributed by atoms with Gasteiger partial charge in [0.2, 0.25) is 0 Å². The Kier molecular flexibility index (Phi) is 5.92. The van der Waals surface area contributed by atoms with Crippen molar-refractivity contribution in [3.05, 3.63) is 18.0 Å². The summed E-state index contributed by atoms with van der Waals surface area (Å²) in [5, 5.41) is 3.58. The predicted octanol–water partition coefficient (Wildman–Crippen LogP) is 2.99. The second-order valence-corrected chi connectivity index (χ2v) is 5.49. The van der Waals surface area contributed by atoms with Crippen LogP contribution in [0.2, 0.25) is 0 Å². The molecular weight excluding hydrogens is 276 g/mol. The Bertz CT molecular complexity index is 428. The van der Waals surface area contributed by atoms with Crippen molar-refractivity contribution in [3.63, 3.8) is 0 Å². The molecule has 112 valence electrons. The van der Waals surface area contributed by atoms with Crippen molar-refractivity contribution < 1.29 is 9.47 Å². The molecule has 1 N–H and O–H groups in total. The molecule has 0 saturated heterocycles. The van der Waals surface area contributed by atoms with E-state index in [1.165, 1.54) is 25.7 Å². The lowest BCUT2D eigenvalue weighted by Gasteiger charge is -2.31. The fraction of sp³-hybridized carbons (Fsp3) is 0.667. The molecule has 2 rings (SSSR count). The first-order valence-electron chi connectivity index (χ1n) is 7.15. The van der Waals surface area contributed by atoms with Crippen LogP contribution in [-0.4, -0.2) is 31.1 Å². The average Bonchev–Trinajstić information content (AvgIpc) is 2.52. The maximum absolute atomic E-state index is 6.06. The van der Waals surface area contributed by atoms with Crippen LogP contribution in [0.1, 0.15) is 31.4 Å². The van der Waals surface area contributed by atoms with E-state index in [0.717, 1.165) is 17.3 Å². The molecule has 0 bridgehead atoms. The van der Waals surface area contributed by atoms with Gasteiger partial charge in [-0.15, -0.1) is 11.6 Å². The second kappa shape index (κ2) is 7.70. The van der Waals surface area contributed by atoms with E-state index >= 15 is 0 Å². The summed E-state index contributed by atoms with van der Waals surface area (Å²) in [7, 11) is 3.28. The minimum Gasteiger partial charge on any atom is -0.493 e. The van der Waals surface area contributed by atoms with Crippen LogP contribution in [0, 0.1) is 5.92 Å². The van der Waals surface area contributed by atoms with Crippen LogP contribution < -0.4 is 14.8 Å². The molecule has 1 aromatic rings. The summed E-state index contributed by atoms with van der Waals surface area (Å²) in [4.78, 5) is 4.39. The van der Waals surface area contributed by atoms with E-state index in [2.05, 4.69) is 10.3 Å². The van der Waals surface area contributed by atoms with Gasteiger partial charge < -0.3 is 14.8 Å². The number of aromatic nitrogens is 1. The standard InChI is InChI=1S/C15H23ClN2O2/c1-19-14-7-8-17-13(15(14)20-2)10-18-12-6-4-3-5-11(12)9-16/h7-8,11-12,18H,3-6,9-10H2,1-2H3. The van der Waals surface area contributed by atoms with Gasteiger partial charge in [0.25, 0.3) is 0 Å². The number of ether oxygens (including phenoxy) is 2. The third-order valence-corrected chi connectivity index (χ3v) is 4.40. The molecule has 2 unspecified atom stereocenters. The monoisotopic (exact) mass is 298 g/mol. The predicted molar refractivity (Wildman–Crippen MR) is 80.6 cm³/mol. The molecular formula is C15H23ClN2O2. The SMILES string of the molecule is COc1ccnc(CNC2CCCCC2CCl)c1OC. The number of nitrogens with one attached hydrogen (secondary N) is 1. The summed E-state index contributed by atoms with van der Waals surface area (Å²) in [6, 6.07) is 2.28. The minimum absolute atomic E-state index is 0.471. The molecule has 0 amide bonds. The fourth-order valence-electron chi connectivity index (χ4n) is 2.87. The highest BCUT2D eigenvalue weighted by Crippen LogP contribution is 2.30. The highest BCUT2D eigenvalue weighted by molar-refractivity contribution is 6.18. The molecule has 1 aliphatic rings. The highest BCUT2D eigenvalue weighted by Gasteiger charge is 2.24. The Morgan fingerprint density at radius 2 is 2.10 bits per heavy atom. The summed E-state index contributed by atoms with van der Waals surface area (Å²) in [5.74, 6) is 2.71. The molecule has 0 radical (unpaired) electrons. The second-order valence-electron chi connectivity index (χ2n) is 5.18. The fourth-order valence-corrected chi connectivity index (χ4v) is 3.23. The molecule has 1 aromatic heterocycles. The number of nitrogens with zero attached hydrogens (tertiary/aromatic N) is 1. The first-order chi connectivity index (χ1) is 9.80. The van der Waals surface area contributed by atoms with Crippen molar-refractivity contribution >= 4 is 11.6 Å². The third-order valence-electron chi connectivity index (χ3n) is 4.01. The quantitative estimate of drug-likeness (QED) is 0.820. The lowest BCUT2D eigenvalue weighted by atomic mass is 9.86. The number of halogens is 1. The first-order valence-corrected chi connectivity index (χ1v) is 7.68. The molecule has 4 nitrogen and oxygen atoms in total. The van der Waals surface area contributed by atoms with Crippen LogP contribution in [0.4, 0.5) is 0 Å². The van der Waals surface area contributed by atoms with E-state index in [9.17, 15) is 0 Å². The molecule has 5 heteroatoms. The van der Waals surface area contributed by atoms with Gasteiger partial charge in [0.15, 0.2) is 11.5 Å². The van der Waals surface area contributed by atoms with Gasteiger partial charge in [0.05, 0.1) is 19.9 Å². The zero-order chi connectivity index (χ0) is 14.4. The molecule has 2 atom stereocenters. The van der Waals surface area contributed by atoms with Crippen molar-refractivity contribution in [2.45, 2.75) is 38.3 Å². The Labute approximate surface area is 125 Å². The van der Waals surface area contributed by atoms with Crippen LogP contribution in [0.25, 0.3) is 0 Å². The van der Waals surface area contributed by atoms with Gasteiger partial charge in [0.1, 0.15) is 0 Å². The van der Waals surface area contributed by atoms with Crippen LogP contribution in [0.3, 0.4) is 0 Å². The maximum Gasteiger partial charge on any atom is 0.183 e. The summed E-state index contributed by atoms with van der Waals surface area (Å²) in [6.45, 7) is 0.679. The minimum atomic E-state index is 0.471.